The van der Waals surface area contributed by atoms with E-state index in [2.05, 4.69) is 20.8 Å². The van der Waals surface area contributed by atoms with Gasteiger partial charge in [-0.2, -0.15) is 0 Å². The van der Waals surface area contributed by atoms with E-state index >= 15 is 0 Å². The molecular weight excluding hydrogens is 418 g/mol. The molecule has 0 fully saturated rings. The van der Waals surface area contributed by atoms with Crippen molar-refractivity contribution in [3.63, 3.8) is 0 Å². The first kappa shape index (κ1) is 22.3. The predicted octanol–water partition coefficient (Wildman–Crippen LogP) is 2.02. The molecule has 1 atom stereocenters. The molecule has 9 nitrogen and oxygen atoms in total. The second-order valence-electron chi connectivity index (χ2n) is 6.54. The van der Waals surface area contributed by atoms with Gasteiger partial charge in [-0.05, 0) is 36.4 Å². The number of hydrogen-bond donors (Lipinski definition) is 3. The molecule has 0 bridgehead atoms. The van der Waals surface area contributed by atoms with E-state index in [4.69, 9.17) is 4.74 Å². The quantitative estimate of drug-likeness (QED) is 0.435. The Morgan fingerprint density at radius 2 is 1.84 bits per heavy atom. The minimum absolute atomic E-state index is 0.142. The molecule has 2 amide bonds. The molecule has 1 unspecified atom stereocenters. The van der Waals surface area contributed by atoms with Crippen LogP contribution in [0.4, 0.5) is 5.69 Å². The van der Waals surface area contributed by atoms with Crippen molar-refractivity contribution in [2.45, 2.75) is 11.2 Å². The number of carbonyl (C=O) groups excluding carboxylic acids is 2. The minimum atomic E-state index is -0.750. The first-order chi connectivity index (χ1) is 15.0. The molecule has 0 aliphatic heterocycles. The molecule has 3 aromatic rings. The Labute approximate surface area is 183 Å². The van der Waals surface area contributed by atoms with E-state index in [1.165, 1.54) is 11.8 Å². The Kier molecular flexibility index (Phi) is 7.63. The molecule has 0 spiro atoms. The number of benzene rings is 2. The summed E-state index contributed by atoms with van der Waals surface area (Å²) in [5, 5.41) is 24.0. The van der Waals surface area contributed by atoms with Crippen LogP contribution in [0.2, 0.25) is 0 Å². The number of para-hydroxylation sites is 1. The number of aromatic nitrogens is 3. The summed E-state index contributed by atoms with van der Waals surface area (Å²) in [5.41, 5.74) is 1.14. The van der Waals surface area contributed by atoms with Gasteiger partial charge in [-0.3, -0.25) is 9.59 Å². The Bertz CT molecular complexity index is 1020. The van der Waals surface area contributed by atoms with Crippen LogP contribution in [-0.2, 0) is 11.8 Å². The summed E-state index contributed by atoms with van der Waals surface area (Å²) >= 11 is 1.21. The highest BCUT2D eigenvalue weighted by atomic mass is 32.2. The number of thioether (sulfide) groups is 1. The number of anilines is 1. The van der Waals surface area contributed by atoms with Gasteiger partial charge in [0.15, 0.2) is 11.0 Å². The number of aliphatic hydroxyl groups excluding tert-OH is 1. The highest BCUT2D eigenvalue weighted by Gasteiger charge is 2.22. The van der Waals surface area contributed by atoms with Gasteiger partial charge in [-0.1, -0.05) is 30.0 Å². The van der Waals surface area contributed by atoms with Crippen LogP contribution in [-0.4, -0.2) is 51.2 Å². The van der Waals surface area contributed by atoms with E-state index in [1.54, 1.807) is 55.1 Å². The van der Waals surface area contributed by atoms with Gasteiger partial charge in [0.2, 0.25) is 5.91 Å². The van der Waals surface area contributed by atoms with E-state index in [0.717, 1.165) is 0 Å². The van der Waals surface area contributed by atoms with Crippen LogP contribution in [0.15, 0.2) is 59.8 Å². The van der Waals surface area contributed by atoms with Gasteiger partial charge in [0, 0.05) is 18.3 Å². The van der Waals surface area contributed by atoms with Gasteiger partial charge < -0.3 is 25.0 Å². The van der Waals surface area contributed by atoms with Gasteiger partial charge in [-0.25, -0.2) is 0 Å². The Morgan fingerprint density at radius 3 is 2.48 bits per heavy atom. The third-order valence-electron chi connectivity index (χ3n) is 4.41. The normalized spacial score (nSPS) is 11.6. The molecule has 0 saturated carbocycles. The number of carbonyl (C=O) groups is 2. The standard InChI is InChI=1S/C21H23N5O4S/c1-26-19(17(12-27)23-20(29)14-8-10-16(30-2)11-9-14)24-25-21(26)31-13-18(28)22-15-6-4-3-5-7-15/h3-11,17,27H,12-13H2,1-2H3,(H,22,28)(H,23,29). The van der Waals surface area contributed by atoms with Crippen molar-refractivity contribution in [3.8, 4) is 5.75 Å². The summed E-state index contributed by atoms with van der Waals surface area (Å²) in [5.74, 6) is 0.633. The molecule has 2 aromatic carbocycles. The molecule has 0 aliphatic rings. The van der Waals surface area contributed by atoms with Crippen molar-refractivity contribution in [2.75, 3.05) is 24.8 Å². The molecule has 1 heterocycles. The number of ether oxygens (including phenoxy) is 1. The van der Waals surface area contributed by atoms with E-state index < -0.39 is 6.04 Å². The van der Waals surface area contributed by atoms with E-state index in [-0.39, 0.29) is 24.2 Å². The zero-order valence-corrected chi connectivity index (χ0v) is 17.9. The maximum absolute atomic E-state index is 12.5. The summed E-state index contributed by atoms with van der Waals surface area (Å²) in [4.78, 5) is 24.7. The van der Waals surface area contributed by atoms with Gasteiger partial charge in [0.25, 0.3) is 5.91 Å². The van der Waals surface area contributed by atoms with Crippen molar-refractivity contribution in [2.24, 2.45) is 7.05 Å². The lowest BCUT2D eigenvalue weighted by Crippen LogP contribution is -2.32. The average molecular weight is 442 g/mol. The van der Waals surface area contributed by atoms with Crippen molar-refractivity contribution in [1.82, 2.24) is 20.1 Å². The number of nitrogens with one attached hydrogen (secondary N) is 2. The molecule has 0 radical (unpaired) electrons. The Hall–Kier alpha value is -3.37. The highest BCUT2D eigenvalue weighted by Crippen LogP contribution is 2.20. The second-order valence-corrected chi connectivity index (χ2v) is 7.48. The lowest BCUT2D eigenvalue weighted by atomic mass is 10.2. The molecule has 162 valence electrons. The fraction of sp³-hybridized carbons (Fsp3) is 0.238. The van der Waals surface area contributed by atoms with E-state index in [1.807, 2.05) is 18.2 Å². The zero-order valence-electron chi connectivity index (χ0n) is 17.1. The SMILES string of the molecule is COc1ccc(C(=O)NC(CO)c2nnc(SCC(=O)Nc3ccccc3)n2C)cc1. The molecule has 0 saturated heterocycles. The third kappa shape index (κ3) is 5.83. The average Bonchev–Trinajstić information content (AvgIpc) is 3.16. The van der Waals surface area contributed by atoms with Crippen molar-refractivity contribution in [1.29, 1.82) is 0 Å². The van der Waals surface area contributed by atoms with E-state index in [9.17, 15) is 14.7 Å². The maximum Gasteiger partial charge on any atom is 0.251 e. The first-order valence-corrected chi connectivity index (χ1v) is 10.4. The highest BCUT2D eigenvalue weighted by molar-refractivity contribution is 7.99. The van der Waals surface area contributed by atoms with Crippen molar-refractivity contribution >= 4 is 29.3 Å². The molecule has 10 heteroatoms. The van der Waals surface area contributed by atoms with Gasteiger partial charge >= 0.3 is 0 Å². The molecule has 0 aliphatic carbocycles. The number of amides is 2. The number of rotatable bonds is 9. The maximum atomic E-state index is 12.5. The van der Waals surface area contributed by atoms with Crippen molar-refractivity contribution in [3.05, 3.63) is 66.0 Å². The lowest BCUT2D eigenvalue weighted by Gasteiger charge is -2.16. The number of methoxy groups -OCH3 is 1. The first-order valence-electron chi connectivity index (χ1n) is 9.44. The van der Waals surface area contributed by atoms with Crippen LogP contribution in [0.5, 0.6) is 5.75 Å². The fourth-order valence-electron chi connectivity index (χ4n) is 2.78. The predicted molar refractivity (Wildman–Crippen MR) is 117 cm³/mol. The number of hydrogen-bond acceptors (Lipinski definition) is 7. The summed E-state index contributed by atoms with van der Waals surface area (Å²) in [7, 11) is 3.26. The van der Waals surface area contributed by atoms with Crippen LogP contribution >= 0.6 is 11.8 Å². The lowest BCUT2D eigenvalue weighted by molar-refractivity contribution is -0.113. The monoisotopic (exact) mass is 441 g/mol. The van der Waals surface area contributed by atoms with Crippen LogP contribution in [0.3, 0.4) is 0 Å². The molecule has 1 aromatic heterocycles. The van der Waals surface area contributed by atoms with Crippen LogP contribution < -0.4 is 15.4 Å². The molecular formula is C21H23N5O4S. The fourth-order valence-corrected chi connectivity index (χ4v) is 3.50. The Morgan fingerprint density at radius 1 is 1.13 bits per heavy atom. The summed E-state index contributed by atoms with van der Waals surface area (Å²) < 4.78 is 6.74. The van der Waals surface area contributed by atoms with Crippen molar-refractivity contribution < 1.29 is 19.4 Å². The molecule has 31 heavy (non-hydrogen) atoms. The third-order valence-corrected chi connectivity index (χ3v) is 5.43. The van der Waals surface area contributed by atoms with Crippen LogP contribution in [0.25, 0.3) is 0 Å². The van der Waals surface area contributed by atoms with Crippen LogP contribution in [0.1, 0.15) is 22.2 Å². The van der Waals surface area contributed by atoms with Gasteiger partial charge in [0.1, 0.15) is 11.8 Å². The smallest absolute Gasteiger partial charge is 0.251 e. The topological polar surface area (TPSA) is 118 Å². The van der Waals surface area contributed by atoms with Crippen LogP contribution in [0, 0.1) is 0 Å². The minimum Gasteiger partial charge on any atom is -0.497 e. The summed E-state index contributed by atoms with van der Waals surface area (Å²) in [6, 6.07) is 15.0. The second kappa shape index (κ2) is 10.6. The van der Waals surface area contributed by atoms with E-state index in [0.29, 0.717) is 28.0 Å². The number of nitrogens with zero attached hydrogens (tertiary/aromatic N) is 3. The Balaban J connectivity index is 1.61. The summed E-state index contributed by atoms with van der Waals surface area (Å²) in [6.45, 7) is -0.354. The molecule has 3 rings (SSSR count). The van der Waals surface area contributed by atoms with Gasteiger partial charge in [0.05, 0.1) is 19.5 Å². The zero-order chi connectivity index (χ0) is 22.2. The largest absolute Gasteiger partial charge is 0.497 e. The number of aliphatic hydroxyl groups is 1. The summed E-state index contributed by atoms with van der Waals surface area (Å²) in [6.07, 6.45) is 0. The molecule has 3 N–H and O–H groups in total. The van der Waals surface area contributed by atoms with Gasteiger partial charge in [-0.15, -0.1) is 10.2 Å².